The molecule has 0 amide bonds. The third-order valence-corrected chi connectivity index (χ3v) is 5.54. The van der Waals surface area contributed by atoms with E-state index in [1.165, 1.54) is 25.0 Å². The van der Waals surface area contributed by atoms with Gasteiger partial charge in [-0.25, -0.2) is 8.42 Å². The molecule has 1 N–H and O–H groups in total. The van der Waals surface area contributed by atoms with E-state index in [1.54, 1.807) is 12.1 Å². The summed E-state index contributed by atoms with van der Waals surface area (Å²) in [6, 6.07) is 6.15. The molecule has 1 aliphatic rings. The normalized spacial score (nSPS) is 16.2. The van der Waals surface area contributed by atoms with Crippen LogP contribution in [0, 0.1) is 0 Å². The summed E-state index contributed by atoms with van der Waals surface area (Å²) in [5, 5.41) is 8.69. The Morgan fingerprint density at radius 2 is 1.76 bits per heavy atom. The lowest BCUT2D eigenvalue weighted by Crippen LogP contribution is -2.22. The molecule has 116 valence electrons. The first kappa shape index (κ1) is 16.0. The smallest absolute Gasteiger partial charge is 0.307 e. The zero-order valence-electron chi connectivity index (χ0n) is 12.0. The van der Waals surface area contributed by atoms with Crippen molar-refractivity contribution in [2.24, 2.45) is 0 Å². The first-order chi connectivity index (χ1) is 9.97. The van der Waals surface area contributed by atoms with Crippen molar-refractivity contribution < 1.29 is 18.3 Å². The molecule has 1 fully saturated rings. The molecular weight excluding hydrogens is 290 g/mol. The van der Waals surface area contributed by atoms with E-state index in [1.807, 2.05) is 0 Å². The van der Waals surface area contributed by atoms with E-state index >= 15 is 0 Å². The Labute approximate surface area is 125 Å². The second kappa shape index (κ2) is 7.04. The number of likely N-dealkylation sites (tertiary alicyclic amines) is 1. The van der Waals surface area contributed by atoms with Crippen LogP contribution in [0.3, 0.4) is 0 Å². The topological polar surface area (TPSA) is 74.7 Å². The van der Waals surface area contributed by atoms with Crippen molar-refractivity contribution in [2.75, 3.05) is 25.4 Å². The summed E-state index contributed by atoms with van der Waals surface area (Å²) in [6.45, 7) is 2.98. The van der Waals surface area contributed by atoms with E-state index in [0.29, 0.717) is 12.0 Å². The zero-order chi connectivity index (χ0) is 15.3. The van der Waals surface area contributed by atoms with Crippen LogP contribution >= 0.6 is 0 Å². The minimum absolute atomic E-state index is 0.0880. The Morgan fingerprint density at radius 1 is 1.14 bits per heavy atom. The molecule has 0 saturated carbocycles. The van der Waals surface area contributed by atoms with Gasteiger partial charge in [0, 0.05) is 0 Å². The lowest BCUT2D eigenvalue weighted by molar-refractivity contribution is -0.136. The van der Waals surface area contributed by atoms with Gasteiger partial charge in [-0.2, -0.15) is 0 Å². The van der Waals surface area contributed by atoms with Gasteiger partial charge in [0.25, 0.3) is 0 Å². The van der Waals surface area contributed by atoms with Crippen LogP contribution in [-0.2, 0) is 21.1 Å². The number of sulfone groups is 1. The summed E-state index contributed by atoms with van der Waals surface area (Å²) in [7, 11) is -3.27. The molecular formula is C15H21NO4S. The van der Waals surface area contributed by atoms with Gasteiger partial charge in [-0.1, -0.05) is 12.1 Å². The van der Waals surface area contributed by atoms with E-state index in [2.05, 4.69) is 4.90 Å². The second-order valence-electron chi connectivity index (χ2n) is 5.44. The highest BCUT2D eigenvalue weighted by atomic mass is 32.2. The molecule has 2 rings (SSSR count). The predicted octanol–water partition coefficient (Wildman–Crippen LogP) is 1.57. The number of rotatable bonds is 7. The number of carboxylic acids is 1. The fourth-order valence-electron chi connectivity index (χ4n) is 2.59. The first-order valence-corrected chi connectivity index (χ1v) is 8.88. The Morgan fingerprint density at radius 3 is 2.33 bits per heavy atom. The Bertz CT molecular complexity index is 574. The molecule has 0 unspecified atom stereocenters. The average molecular weight is 311 g/mol. The third kappa shape index (κ3) is 4.82. The molecule has 0 spiro atoms. The summed E-state index contributed by atoms with van der Waals surface area (Å²) >= 11 is 0. The molecule has 5 nitrogen and oxygen atoms in total. The summed E-state index contributed by atoms with van der Waals surface area (Å²) in [5.41, 5.74) is 0.610. The maximum absolute atomic E-state index is 12.2. The number of carboxylic acid groups (broad SMARTS) is 1. The Kier molecular flexibility index (Phi) is 5.36. The van der Waals surface area contributed by atoms with Gasteiger partial charge in [-0.3, -0.25) is 4.79 Å². The van der Waals surface area contributed by atoms with Crippen LogP contribution < -0.4 is 0 Å². The number of nitrogens with zero attached hydrogens (tertiary/aromatic N) is 1. The van der Waals surface area contributed by atoms with E-state index in [0.717, 1.165) is 19.6 Å². The highest BCUT2D eigenvalue weighted by molar-refractivity contribution is 7.91. The number of hydrogen-bond donors (Lipinski definition) is 1. The summed E-state index contributed by atoms with van der Waals surface area (Å²) < 4.78 is 24.4. The van der Waals surface area contributed by atoms with Crippen LogP contribution in [0.4, 0.5) is 0 Å². The van der Waals surface area contributed by atoms with Crippen molar-refractivity contribution >= 4 is 15.8 Å². The van der Waals surface area contributed by atoms with Gasteiger partial charge < -0.3 is 10.0 Å². The quantitative estimate of drug-likeness (QED) is 0.827. The number of aliphatic carboxylic acids is 1. The van der Waals surface area contributed by atoms with Gasteiger partial charge in [0.15, 0.2) is 9.84 Å². The average Bonchev–Trinajstić information content (AvgIpc) is 2.91. The molecule has 0 aliphatic carbocycles. The summed E-state index contributed by atoms with van der Waals surface area (Å²) in [6.07, 6.45) is 2.96. The van der Waals surface area contributed by atoms with Crippen LogP contribution in [0.1, 0.15) is 24.8 Å². The monoisotopic (exact) mass is 311 g/mol. The van der Waals surface area contributed by atoms with Crippen LogP contribution in [0.2, 0.25) is 0 Å². The van der Waals surface area contributed by atoms with Crippen LogP contribution in [0.5, 0.6) is 0 Å². The van der Waals surface area contributed by atoms with E-state index < -0.39 is 15.8 Å². The SMILES string of the molecule is O=C(O)Cc1ccc(S(=O)(=O)CCCN2CCCC2)cc1. The summed E-state index contributed by atoms with van der Waals surface area (Å²) in [5.74, 6) is -0.780. The Hall–Kier alpha value is -1.40. The molecule has 6 heteroatoms. The minimum Gasteiger partial charge on any atom is -0.481 e. The third-order valence-electron chi connectivity index (χ3n) is 3.72. The van der Waals surface area contributed by atoms with Gasteiger partial charge >= 0.3 is 5.97 Å². The van der Waals surface area contributed by atoms with Gasteiger partial charge in [-0.05, 0) is 56.6 Å². The number of hydrogen-bond acceptors (Lipinski definition) is 4. The second-order valence-corrected chi connectivity index (χ2v) is 7.54. The molecule has 21 heavy (non-hydrogen) atoms. The fourth-order valence-corrected chi connectivity index (χ4v) is 3.89. The Balaban J connectivity index is 1.90. The molecule has 0 bridgehead atoms. The van der Waals surface area contributed by atoms with E-state index in [-0.39, 0.29) is 17.1 Å². The highest BCUT2D eigenvalue weighted by Crippen LogP contribution is 2.15. The number of carbonyl (C=O) groups is 1. The van der Waals surface area contributed by atoms with Gasteiger partial charge in [0.2, 0.25) is 0 Å². The van der Waals surface area contributed by atoms with Crippen LogP contribution in [0.15, 0.2) is 29.2 Å². The largest absolute Gasteiger partial charge is 0.481 e. The minimum atomic E-state index is -3.27. The molecule has 1 heterocycles. The maximum Gasteiger partial charge on any atom is 0.307 e. The standard InChI is InChI=1S/C15H21NO4S/c17-15(18)12-13-4-6-14(7-5-13)21(19,20)11-3-10-16-8-1-2-9-16/h4-7H,1-3,8-12H2,(H,17,18). The van der Waals surface area contributed by atoms with Gasteiger partial charge in [0.1, 0.15) is 0 Å². The van der Waals surface area contributed by atoms with E-state index in [9.17, 15) is 13.2 Å². The van der Waals surface area contributed by atoms with E-state index in [4.69, 9.17) is 5.11 Å². The molecule has 0 atom stereocenters. The zero-order valence-corrected chi connectivity index (χ0v) is 12.8. The lowest BCUT2D eigenvalue weighted by atomic mass is 10.2. The highest BCUT2D eigenvalue weighted by Gasteiger charge is 2.16. The maximum atomic E-state index is 12.2. The molecule has 1 aliphatic heterocycles. The van der Waals surface area contributed by atoms with Crippen LogP contribution in [0.25, 0.3) is 0 Å². The van der Waals surface area contributed by atoms with Crippen molar-refractivity contribution in [1.29, 1.82) is 0 Å². The lowest BCUT2D eigenvalue weighted by Gasteiger charge is -2.14. The van der Waals surface area contributed by atoms with Crippen LogP contribution in [-0.4, -0.2) is 49.8 Å². The molecule has 1 aromatic carbocycles. The fraction of sp³-hybridized carbons (Fsp3) is 0.533. The van der Waals surface area contributed by atoms with Crippen molar-refractivity contribution in [1.82, 2.24) is 4.90 Å². The van der Waals surface area contributed by atoms with Crippen molar-refractivity contribution in [2.45, 2.75) is 30.6 Å². The first-order valence-electron chi connectivity index (χ1n) is 7.23. The van der Waals surface area contributed by atoms with Crippen molar-refractivity contribution in [3.63, 3.8) is 0 Å². The predicted molar refractivity (Wildman–Crippen MR) is 80.1 cm³/mol. The molecule has 1 saturated heterocycles. The van der Waals surface area contributed by atoms with Crippen molar-refractivity contribution in [3.8, 4) is 0 Å². The van der Waals surface area contributed by atoms with Gasteiger partial charge in [-0.15, -0.1) is 0 Å². The molecule has 0 radical (unpaired) electrons. The van der Waals surface area contributed by atoms with Crippen molar-refractivity contribution in [3.05, 3.63) is 29.8 Å². The summed E-state index contributed by atoms with van der Waals surface area (Å²) in [4.78, 5) is 13.2. The molecule has 0 aromatic heterocycles. The number of benzene rings is 1. The molecule has 1 aromatic rings. The van der Waals surface area contributed by atoms with Gasteiger partial charge in [0.05, 0.1) is 17.1 Å².